The van der Waals surface area contributed by atoms with E-state index < -0.39 is 0 Å². The van der Waals surface area contributed by atoms with Crippen molar-refractivity contribution in [1.82, 2.24) is 19.4 Å². The number of carbonyl (C=O) groups excluding carboxylic acids is 1. The number of benzene rings is 2. The summed E-state index contributed by atoms with van der Waals surface area (Å²) in [5, 5.41) is 7.81. The van der Waals surface area contributed by atoms with Crippen molar-refractivity contribution in [2.75, 3.05) is 30.3 Å². The lowest BCUT2D eigenvalue weighted by Gasteiger charge is -2.26. The van der Waals surface area contributed by atoms with Crippen LogP contribution >= 0.6 is 0 Å². The zero-order valence-corrected chi connectivity index (χ0v) is 22.4. The van der Waals surface area contributed by atoms with E-state index >= 15 is 0 Å². The minimum Gasteiger partial charge on any atom is -0.344 e. The number of allylic oxidation sites excluding steroid dienone is 2. The molecule has 4 heterocycles. The number of piperidine rings is 1. The fourth-order valence-corrected chi connectivity index (χ4v) is 5.58. The highest BCUT2D eigenvalue weighted by atomic mass is 16.1. The molecule has 0 atom stereocenters. The molecule has 0 saturated carbocycles. The van der Waals surface area contributed by atoms with Gasteiger partial charge in [0.15, 0.2) is 0 Å². The van der Waals surface area contributed by atoms with Gasteiger partial charge in [0.1, 0.15) is 0 Å². The Morgan fingerprint density at radius 2 is 1.90 bits per heavy atom. The Morgan fingerprint density at radius 1 is 0.974 bits per heavy atom. The van der Waals surface area contributed by atoms with Crippen LogP contribution in [0.15, 0.2) is 73.1 Å². The average molecular weight is 521 g/mol. The van der Waals surface area contributed by atoms with Crippen molar-refractivity contribution >= 4 is 34.1 Å². The quantitative estimate of drug-likeness (QED) is 0.299. The number of anilines is 3. The number of aromatic nitrogens is 3. The summed E-state index contributed by atoms with van der Waals surface area (Å²) in [4.78, 5) is 24.5. The number of likely N-dealkylation sites (tertiary alicyclic amines) is 1. The molecular weight excluding hydrogens is 484 g/mol. The van der Waals surface area contributed by atoms with Crippen molar-refractivity contribution < 1.29 is 4.79 Å². The summed E-state index contributed by atoms with van der Waals surface area (Å²) < 4.78 is 2.27. The van der Waals surface area contributed by atoms with E-state index in [4.69, 9.17) is 4.98 Å². The van der Waals surface area contributed by atoms with E-state index in [1.165, 1.54) is 30.2 Å². The standard InChI is InChI=1S/C32H36N6O/c39-31(15-20-37-17-5-3-6-18-37)35-28-12-11-27-22-25(28)8-4-1-2-7-19-38-21-14-24-9-10-26(23-30(24)38)29-13-16-33-32(34-27)36-29/h2,7,9-14,16,21-23H,1,3-6,8,15,17-20H2,(H,35,39)(H,33,34,36)/b7-2-. The molecule has 4 aromatic rings. The van der Waals surface area contributed by atoms with Crippen LogP contribution in [0.5, 0.6) is 0 Å². The molecule has 1 saturated heterocycles. The Hall–Kier alpha value is -3.97. The van der Waals surface area contributed by atoms with Crippen molar-refractivity contribution in [2.45, 2.75) is 51.5 Å². The summed E-state index contributed by atoms with van der Waals surface area (Å²) in [6.07, 6.45) is 15.6. The normalized spacial score (nSPS) is 16.9. The first-order valence-electron chi connectivity index (χ1n) is 14.2. The lowest BCUT2D eigenvalue weighted by atomic mass is 10.0. The zero-order valence-electron chi connectivity index (χ0n) is 22.4. The first-order valence-corrected chi connectivity index (χ1v) is 14.2. The molecule has 0 aliphatic carbocycles. The van der Waals surface area contributed by atoms with E-state index in [2.05, 4.69) is 73.8 Å². The van der Waals surface area contributed by atoms with Crippen LogP contribution in [0.4, 0.5) is 17.3 Å². The van der Waals surface area contributed by atoms with Crippen molar-refractivity contribution in [3.63, 3.8) is 0 Å². The minimum absolute atomic E-state index is 0.0802. The third-order valence-electron chi connectivity index (χ3n) is 7.75. The lowest BCUT2D eigenvalue weighted by molar-refractivity contribution is -0.116. The predicted octanol–water partition coefficient (Wildman–Crippen LogP) is 6.55. The number of hydrogen-bond acceptors (Lipinski definition) is 5. The Kier molecular flexibility index (Phi) is 7.68. The van der Waals surface area contributed by atoms with Gasteiger partial charge in [-0.05, 0) is 92.5 Å². The van der Waals surface area contributed by atoms with E-state index in [0.29, 0.717) is 12.4 Å². The fraction of sp³-hybridized carbons (Fsp3) is 0.344. The van der Waals surface area contributed by atoms with Crippen LogP contribution in [-0.4, -0.2) is 45.0 Å². The molecular formula is C32H36N6O. The summed E-state index contributed by atoms with van der Waals surface area (Å²) in [5.74, 6) is 0.634. The van der Waals surface area contributed by atoms with Gasteiger partial charge in [-0.1, -0.05) is 30.7 Å². The second kappa shape index (κ2) is 11.8. The van der Waals surface area contributed by atoms with Gasteiger partial charge in [0, 0.05) is 54.4 Å². The number of amides is 1. The highest BCUT2D eigenvalue weighted by Gasteiger charge is 2.14. The van der Waals surface area contributed by atoms with Gasteiger partial charge in [0.2, 0.25) is 11.9 Å². The van der Waals surface area contributed by atoms with E-state index in [0.717, 1.165) is 73.6 Å². The van der Waals surface area contributed by atoms with Gasteiger partial charge in [0.25, 0.3) is 0 Å². The molecule has 7 nitrogen and oxygen atoms in total. The van der Waals surface area contributed by atoms with Crippen molar-refractivity contribution in [2.24, 2.45) is 0 Å². The maximum atomic E-state index is 12.9. The van der Waals surface area contributed by atoms with Gasteiger partial charge in [-0.15, -0.1) is 0 Å². The topological polar surface area (TPSA) is 75.1 Å². The molecule has 0 spiro atoms. The molecule has 2 aromatic carbocycles. The zero-order chi connectivity index (χ0) is 26.4. The average Bonchev–Trinajstić information content (AvgIpc) is 3.37. The Labute approximate surface area is 230 Å². The van der Waals surface area contributed by atoms with Crippen LogP contribution in [-0.2, 0) is 17.8 Å². The third-order valence-corrected chi connectivity index (χ3v) is 7.75. The van der Waals surface area contributed by atoms with Gasteiger partial charge in [-0.2, -0.15) is 0 Å². The summed E-state index contributed by atoms with van der Waals surface area (Å²) in [7, 11) is 0. The van der Waals surface area contributed by atoms with Crippen molar-refractivity contribution in [1.29, 1.82) is 0 Å². The highest BCUT2D eigenvalue weighted by molar-refractivity contribution is 5.92. The minimum atomic E-state index is 0.0802. The summed E-state index contributed by atoms with van der Waals surface area (Å²) in [5.41, 5.74) is 6.06. The number of rotatable bonds is 4. The molecule has 2 aromatic heterocycles. The molecule has 2 aliphatic heterocycles. The fourth-order valence-electron chi connectivity index (χ4n) is 5.58. The first kappa shape index (κ1) is 25.3. The maximum absolute atomic E-state index is 12.9. The number of nitrogens with one attached hydrogen (secondary N) is 2. The summed E-state index contributed by atoms with van der Waals surface area (Å²) in [6.45, 7) is 3.87. The molecule has 6 bridgehead atoms. The van der Waals surface area contributed by atoms with Crippen LogP contribution in [0.1, 0.15) is 44.1 Å². The molecule has 0 unspecified atom stereocenters. The lowest BCUT2D eigenvalue weighted by Crippen LogP contribution is -2.32. The Morgan fingerprint density at radius 3 is 2.82 bits per heavy atom. The number of nitrogens with zero attached hydrogens (tertiary/aromatic N) is 4. The van der Waals surface area contributed by atoms with Crippen LogP contribution in [0.25, 0.3) is 22.2 Å². The first-order chi connectivity index (χ1) is 19.2. The number of hydrogen-bond donors (Lipinski definition) is 2. The molecule has 39 heavy (non-hydrogen) atoms. The van der Waals surface area contributed by atoms with Crippen LogP contribution in [0.2, 0.25) is 0 Å². The number of aryl methyl sites for hydroxylation is 1. The third kappa shape index (κ3) is 6.20. The molecule has 0 radical (unpaired) electrons. The Balaban J connectivity index is 1.24. The molecule has 1 amide bonds. The van der Waals surface area contributed by atoms with E-state index in [1.54, 1.807) is 6.20 Å². The van der Waals surface area contributed by atoms with Gasteiger partial charge >= 0.3 is 0 Å². The molecule has 2 aliphatic rings. The van der Waals surface area contributed by atoms with E-state index in [1.807, 2.05) is 18.2 Å². The largest absolute Gasteiger partial charge is 0.344 e. The van der Waals surface area contributed by atoms with Crippen LogP contribution in [0.3, 0.4) is 0 Å². The van der Waals surface area contributed by atoms with E-state index in [9.17, 15) is 4.79 Å². The van der Waals surface area contributed by atoms with Crippen molar-refractivity contribution in [3.05, 3.63) is 78.6 Å². The van der Waals surface area contributed by atoms with Gasteiger partial charge < -0.3 is 20.1 Å². The van der Waals surface area contributed by atoms with Crippen LogP contribution < -0.4 is 10.6 Å². The maximum Gasteiger partial charge on any atom is 0.227 e. The highest BCUT2D eigenvalue weighted by Crippen LogP contribution is 2.27. The molecule has 2 N–H and O–H groups in total. The van der Waals surface area contributed by atoms with Crippen molar-refractivity contribution in [3.8, 4) is 11.3 Å². The summed E-state index contributed by atoms with van der Waals surface area (Å²) in [6, 6.07) is 16.7. The van der Waals surface area contributed by atoms with Gasteiger partial charge in [-0.25, -0.2) is 9.97 Å². The van der Waals surface area contributed by atoms with Gasteiger partial charge in [-0.3, -0.25) is 4.79 Å². The predicted molar refractivity (Wildman–Crippen MR) is 158 cm³/mol. The molecule has 6 rings (SSSR count). The summed E-state index contributed by atoms with van der Waals surface area (Å²) >= 11 is 0. The second-order valence-corrected chi connectivity index (χ2v) is 10.6. The monoisotopic (exact) mass is 520 g/mol. The second-order valence-electron chi connectivity index (χ2n) is 10.6. The molecule has 1 fully saturated rings. The smallest absolute Gasteiger partial charge is 0.227 e. The van der Waals surface area contributed by atoms with E-state index in [-0.39, 0.29) is 5.91 Å². The number of fused-ring (bicyclic) bond motifs is 6. The Bertz CT molecular complexity index is 1480. The molecule has 200 valence electrons. The van der Waals surface area contributed by atoms with Crippen LogP contribution in [0, 0.1) is 0 Å². The SMILES string of the molecule is O=C(CCN1CCCCC1)Nc1ccc2cc1CCC/C=C\Cn1ccc3ccc(cc31)-c1ccnc(n1)N2. The van der Waals surface area contributed by atoms with Gasteiger partial charge in [0.05, 0.1) is 5.69 Å². The molecule has 7 heteroatoms. The number of carbonyl (C=O) groups is 1.